The highest BCUT2D eigenvalue weighted by atomic mass is 19.4. The predicted octanol–water partition coefficient (Wildman–Crippen LogP) is 3.92. The molecule has 1 aromatic heterocycles. The molecule has 0 spiro atoms. The second-order valence-corrected chi connectivity index (χ2v) is 5.73. The van der Waals surface area contributed by atoms with Gasteiger partial charge in [-0.3, -0.25) is 9.69 Å². The molecule has 0 bridgehead atoms. The Morgan fingerprint density at radius 3 is 2.62 bits per heavy atom. The van der Waals surface area contributed by atoms with E-state index in [4.69, 9.17) is 0 Å². The van der Waals surface area contributed by atoms with E-state index >= 15 is 0 Å². The zero-order valence-electron chi connectivity index (χ0n) is 12.5. The van der Waals surface area contributed by atoms with Gasteiger partial charge in [0.2, 0.25) is 5.91 Å². The van der Waals surface area contributed by atoms with Crippen molar-refractivity contribution in [3.63, 3.8) is 0 Å². The van der Waals surface area contributed by atoms with Gasteiger partial charge in [-0.25, -0.2) is 9.37 Å². The molecule has 1 aliphatic carbocycles. The molecule has 1 fully saturated rings. The maximum absolute atomic E-state index is 13.3. The summed E-state index contributed by atoms with van der Waals surface area (Å²) in [6, 6.07) is 10.2. The lowest BCUT2D eigenvalue weighted by Gasteiger charge is -2.23. The van der Waals surface area contributed by atoms with E-state index in [0.717, 1.165) is 0 Å². The van der Waals surface area contributed by atoms with Gasteiger partial charge in [0.05, 0.1) is 0 Å². The largest absolute Gasteiger partial charge is 0.406 e. The van der Waals surface area contributed by atoms with E-state index in [2.05, 4.69) is 4.98 Å². The number of nitrogens with zero attached hydrogens (tertiary/aromatic N) is 2. The standard InChI is InChI=1S/C17H14F4N2O/c18-12-5-3-4-11(8-12)13-9-14(13)16(24)23(10-17(19,20)21)15-6-1-2-7-22-15/h1-8,13-14H,9-10H2. The zero-order valence-corrected chi connectivity index (χ0v) is 12.5. The summed E-state index contributed by atoms with van der Waals surface area (Å²) in [4.78, 5) is 17.1. The van der Waals surface area contributed by atoms with Gasteiger partial charge in [0.25, 0.3) is 0 Å². The second kappa shape index (κ2) is 6.22. The minimum atomic E-state index is -4.53. The monoisotopic (exact) mass is 338 g/mol. The highest BCUT2D eigenvalue weighted by Crippen LogP contribution is 2.49. The van der Waals surface area contributed by atoms with Crippen LogP contribution >= 0.6 is 0 Å². The van der Waals surface area contributed by atoms with Crippen molar-refractivity contribution in [3.05, 3.63) is 60.0 Å². The number of benzene rings is 1. The number of pyridine rings is 1. The third-order valence-electron chi connectivity index (χ3n) is 3.91. The van der Waals surface area contributed by atoms with Gasteiger partial charge in [-0.2, -0.15) is 13.2 Å². The number of alkyl halides is 3. The highest BCUT2D eigenvalue weighted by molar-refractivity contribution is 5.96. The van der Waals surface area contributed by atoms with E-state index in [1.54, 1.807) is 12.1 Å². The summed E-state index contributed by atoms with van der Waals surface area (Å²) >= 11 is 0. The van der Waals surface area contributed by atoms with Crippen molar-refractivity contribution in [2.24, 2.45) is 5.92 Å². The van der Waals surface area contributed by atoms with E-state index in [1.807, 2.05) is 0 Å². The Hall–Kier alpha value is -2.44. The molecule has 2 aromatic rings. The average molecular weight is 338 g/mol. The molecule has 1 heterocycles. The number of hydrogen-bond donors (Lipinski definition) is 0. The lowest BCUT2D eigenvalue weighted by Crippen LogP contribution is -2.40. The Labute approximate surface area is 135 Å². The molecule has 2 unspecified atom stereocenters. The van der Waals surface area contributed by atoms with Crippen molar-refractivity contribution in [1.82, 2.24) is 4.98 Å². The number of rotatable bonds is 4. The van der Waals surface area contributed by atoms with Gasteiger partial charge in [-0.15, -0.1) is 0 Å². The zero-order chi connectivity index (χ0) is 17.3. The molecular formula is C17H14F4N2O. The first-order valence-electron chi connectivity index (χ1n) is 7.40. The quantitative estimate of drug-likeness (QED) is 0.792. The highest BCUT2D eigenvalue weighted by Gasteiger charge is 2.48. The molecule has 126 valence electrons. The van der Waals surface area contributed by atoms with Crippen LogP contribution in [0.15, 0.2) is 48.7 Å². The Kier molecular flexibility index (Phi) is 4.26. The van der Waals surface area contributed by atoms with E-state index in [9.17, 15) is 22.4 Å². The van der Waals surface area contributed by atoms with Crippen LogP contribution in [0, 0.1) is 11.7 Å². The summed E-state index contributed by atoms with van der Waals surface area (Å²) in [6.07, 6.45) is -2.79. The van der Waals surface area contributed by atoms with Crippen LogP contribution in [0.2, 0.25) is 0 Å². The molecule has 1 aliphatic rings. The topological polar surface area (TPSA) is 33.2 Å². The van der Waals surface area contributed by atoms with Crippen LogP contribution in [0.1, 0.15) is 17.9 Å². The molecule has 0 radical (unpaired) electrons. The van der Waals surface area contributed by atoms with Crippen LogP contribution in [0.5, 0.6) is 0 Å². The van der Waals surface area contributed by atoms with Crippen molar-refractivity contribution in [2.45, 2.75) is 18.5 Å². The van der Waals surface area contributed by atoms with Crippen LogP contribution in [0.25, 0.3) is 0 Å². The molecule has 1 amide bonds. The molecule has 0 saturated heterocycles. The van der Waals surface area contributed by atoms with E-state index < -0.39 is 30.4 Å². The van der Waals surface area contributed by atoms with Gasteiger partial charge < -0.3 is 0 Å². The van der Waals surface area contributed by atoms with Gasteiger partial charge >= 0.3 is 6.18 Å². The Bertz CT molecular complexity index is 733. The molecule has 7 heteroatoms. The molecule has 24 heavy (non-hydrogen) atoms. The van der Waals surface area contributed by atoms with Crippen molar-refractivity contribution >= 4 is 11.7 Å². The van der Waals surface area contributed by atoms with Crippen molar-refractivity contribution in [3.8, 4) is 0 Å². The lowest BCUT2D eigenvalue weighted by molar-refractivity contribution is -0.133. The summed E-state index contributed by atoms with van der Waals surface area (Å²) in [6.45, 7) is -1.39. The van der Waals surface area contributed by atoms with Crippen molar-refractivity contribution in [2.75, 3.05) is 11.4 Å². The molecule has 1 aromatic carbocycles. The number of carbonyl (C=O) groups excluding carboxylic acids is 1. The molecule has 3 nitrogen and oxygen atoms in total. The van der Waals surface area contributed by atoms with E-state index in [1.165, 1.54) is 36.5 Å². The molecule has 2 atom stereocenters. The van der Waals surface area contributed by atoms with Crippen LogP contribution in [0.3, 0.4) is 0 Å². The minimum absolute atomic E-state index is 0.0373. The van der Waals surface area contributed by atoms with E-state index in [-0.39, 0.29) is 11.7 Å². The summed E-state index contributed by atoms with van der Waals surface area (Å²) in [5.74, 6) is -1.95. The van der Waals surface area contributed by atoms with Gasteiger partial charge in [0.15, 0.2) is 0 Å². The number of carbonyl (C=O) groups is 1. The Balaban J connectivity index is 1.80. The fourth-order valence-electron chi connectivity index (χ4n) is 2.74. The number of hydrogen-bond acceptors (Lipinski definition) is 2. The SMILES string of the molecule is O=C(C1CC1c1cccc(F)c1)N(CC(F)(F)F)c1ccccn1. The molecule has 3 rings (SSSR count). The van der Waals surface area contributed by atoms with Gasteiger partial charge in [0.1, 0.15) is 18.2 Å². The van der Waals surface area contributed by atoms with Gasteiger partial charge in [0, 0.05) is 12.1 Å². The number of anilines is 1. The summed E-state index contributed by atoms with van der Waals surface area (Å²) in [7, 11) is 0. The lowest BCUT2D eigenvalue weighted by atomic mass is 10.1. The second-order valence-electron chi connectivity index (χ2n) is 5.73. The first kappa shape index (κ1) is 16.4. The maximum atomic E-state index is 13.3. The average Bonchev–Trinajstić information content (AvgIpc) is 3.33. The van der Waals surface area contributed by atoms with Gasteiger partial charge in [-0.1, -0.05) is 18.2 Å². The predicted molar refractivity (Wildman–Crippen MR) is 79.9 cm³/mol. The van der Waals surface area contributed by atoms with Gasteiger partial charge in [-0.05, 0) is 42.2 Å². The normalized spacial score (nSPS) is 19.8. The summed E-state index contributed by atoms with van der Waals surface area (Å²) in [5, 5.41) is 0. The third-order valence-corrected chi connectivity index (χ3v) is 3.91. The van der Waals surface area contributed by atoms with Crippen LogP contribution in [-0.2, 0) is 4.79 Å². The fourth-order valence-corrected chi connectivity index (χ4v) is 2.74. The van der Waals surface area contributed by atoms with Crippen LogP contribution in [-0.4, -0.2) is 23.6 Å². The number of halogens is 4. The summed E-state index contributed by atoms with van der Waals surface area (Å²) < 4.78 is 51.8. The first-order chi connectivity index (χ1) is 11.3. The van der Waals surface area contributed by atoms with Crippen molar-refractivity contribution < 1.29 is 22.4 Å². The Morgan fingerprint density at radius 1 is 1.21 bits per heavy atom. The number of amides is 1. The van der Waals surface area contributed by atoms with Crippen LogP contribution < -0.4 is 4.90 Å². The molecule has 1 saturated carbocycles. The minimum Gasteiger partial charge on any atom is -0.287 e. The maximum Gasteiger partial charge on any atom is 0.406 e. The molecular weight excluding hydrogens is 324 g/mol. The number of aromatic nitrogens is 1. The molecule has 0 aliphatic heterocycles. The first-order valence-corrected chi connectivity index (χ1v) is 7.40. The van der Waals surface area contributed by atoms with Crippen molar-refractivity contribution in [1.29, 1.82) is 0 Å². The Morgan fingerprint density at radius 2 is 2.00 bits per heavy atom. The fraction of sp³-hybridized carbons (Fsp3) is 0.294. The van der Waals surface area contributed by atoms with E-state index in [0.29, 0.717) is 16.9 Å². The third kappa shape index (κ3) is 3.72. The van der Waals surface area contributed by atoms with Crippen LogP contribution in [0.4, 0.5) is 23.4 Å². The molecule has 0 N–H and O–H groups in total. The summed E-state index contributed by atoms with van der Waals surface area (Å²) in [5.41, 5.74) is 0.626. The smallest absolute Gasteiger partial charge is 0.287 e.